The van der Waals surface area contributed by atoms with E-state index in [0.29, 0.717) is 24.5 Å². The van der Waals surface area contributed by atoms with Gasteiger partial charge < -0.3 is 0 Å². The third kappa shape index (κ3) is 1.18. The first-order chi connectivity index (χ1) is 5.36. The summed E-state index contributed by atoms with van der Waals surface area (Å²) in [6.07, 6.45) is 11.6. The molecule has 0 saturated carbocycles. The molecule has 1 heteroatoms. The predicted octanol–water partition coefficient (Wildman–Crippen LogP) is 2.02. The lowest BCUT2D eigenvalue weighted by Crippen LogP contribution is -2.13. The average molecular weight is 146 g/mol. The molecule has 0 radical (unpaired) electrons. The van der Waals surface area contributed by atoms with Gasteiger partial charge in [-0.05, 0) is 5.57 Å². The topological polar surface area (TPSA) is 17.1 Å². The minimum absolute atomic E-state index is 0.360. The number of allylic oxidation sites excluding steroid dienone is 6. The first-order valence-corrected chi connectivity index (χ1v) is 3.93. The van der Waals surface area contributed by atoms with Crippen molar-refractivity contribution >= 4 is 5.78 Å². The summed E-state index contributed by atoms with van der Waals surface area (Å²) in [6, 6.07) is 0. The van der Waals surface area contributed by atoms with Crippen molar-refractivity contribution in [1.29, 1.82) is 0 Å². The van der Waals surface area contributed by atoms with Crippen molar-refractivity contribution in [1.82, 2.24) is 0 Å². The normalized spacial score (nSPS) is 28.2. The molecule has 2 aliphatic carbocycles. The molecule has 0 amide bonds. The molecular formula is C10H10O. The van der Waals surface area contributed by atoms with Crippen LogP contribution in [0.1, 0.15) is 12.8 Å². The van der Waals surface area contributed by atoms with Gasteiger partial charge in [0, 0.05) is 18.8 Å². The van der Waals surface area contributed by atoms with Crippen LogP contribution in [0.5, 0.6) is 0 Å². The summed E-state index contributed by atoms with van der Waals surface area (Å²) in [5, 5.41) is 0. The van der Waals surface area contributed by atoms with E-state index in [4.69, 9.17) is 0 Å². The number of carbonyl (C=O) groups is 1. The van der Waals surface area contributed by atoms with Crippen molar-refractivity contribution in [2.75, 3.05) is 0 Å². The molecule has 0 saturated heterocycles. The lowest BCUT2D eigenvalue weighted by molar-refractivity contribution is -0.119. The molecule has 0 aromatic heterocycles. The van der Waals surface area contributed by atoms with Crippen LogP contribution in [0.3, 0.4) is 0 Å². The number of rotatable bonds is 0. The second-order valence-corrected chi connectivity index (χ2v) is 3.00. The molecule has 2 aliphatic rings. The zero-order valence-corrected chi connectivity index (χ0v) is 6.29. The highest BCUT2D eigenvalue weighted by Gasteiger charge is 2.19. The number of Topliss-reactive ketones (excluding diaryl/α,β-unsaturated/α-hetero) is 1. The molecule has 0 heterocycles. The monoisotopic (exact) mass is 146 g/mol. The molecule has 0 N–H and O–H groups in total. The van der Waals surface area contributed by atoms with E-state index < -0.39 is 0 Å². The minimum atomic E-state index is 0.360. The van der Waals surface area contributed by atoms with Gasteiger partial charge in [-0.15, -0.1) is 0 Å². The Hall–Kier alpha value is -1.11. The Labute approximate surface area is 66.1 Å². The molecule has 56 valence electrons. The largest absolute Gasteiger partial charge is 0.299 e. The highest BCUT2D eigenvalue weighted by molar-refractivity contribution is 5.82. The molecule has 1 atom stereocenters. The van der Waals surface area contributed by atoms with Crippen molar-refractivity contribution in [3.05, 3.63) is 36.0 Å². The molecule has 1 unspecified atom stereocenters. The minimum Gasteiger partial charge on any atom is -0.299 e. The molecular weight excluding hydrogens is 136 g/mol. The Morgan fingerprint density at radius 2 is 2.27 bits per heavy atom. The van der Waals surface area contributed by atoms with Crippen molar-refractivity contribution in [3.8, 4) is 0 Å². The summed E-state index contributed by atoms with van der Waals surface area (Å²) in [7, 11) is 0. The average Bonchev–Trinajstić information content (AvgIpc) is 2.04. The zero-order valence-electron chi connectivity index (χ0n) is 6.29. The second-order valence-electron chi connectivity index (χ2n) is 3.00. The molecule has 0 bridgehead atoms. The third-order valence-electron chi connectivity index (χ3n) is 2.18. The van der Waals surface area contributed by atoms with E-state index in [-0.39, 0.29) is 0 Å². The number of ketones is 1. The van der Waals surface area contributed by atoms with Gasteiger partial charge in [0.2, 0.25) is 0 Å². The third-order valence-corrected chi connectivity index (χ3v) is 2.18. The van der Waals surface area contributed by atoms with E-state index in [9.17, 15) is 4.79 Å². The Kier molecular flexibility index (Phi) is 1.50. The van der Waals surface area contributed by atoms with E-state index in [1.165, 1.54) is 5.57 Å². The van der Waals surface area contributed by atoms with Crippen LogP contribution < -0.4 is 0 Å². The fourth-order valence-corrected chi connectivity index (χ4v) is 1.57. The van der Waals surface area contributed by atoms with E-state index in [2.05, 4.69) is 12.2 Å². The summed E-state index contributed by atoms with van der Waals surface area (Å²) in [4.78, 5) is 11.0. The molecule has 0 spiro atoms. The van der Waals surface area contributed by atoms with Crippen molar-refractivity contribution < 1.29 is 4.79 Å². The Balaban J connectivity index is 2.30. The van der Waals surface area contributed by atoms with Gasteiger partial charge in [0.05, 0.1) is 0 Å². The quantitative estimate of drug-likeness (QED) is 0.511. The van der Waals surface area contributed by atoms with Crippen LogP contribution in [-0.4, -0.2) is 5.78 Å². The van der Waals surface area contributed by atoms with Gasteiger partial charge in [-0.2, -0.15) is 0 Å². The SMILES string of the molecule is O=C1CC=C2C=CC=CC2C1. The summed E-state index contributed by atoms with van der Waals surface area (Å²) >= 11 is 0. The number of fused-ring (bicyclic) bond motifs is 1. The van der Waals surface area contributed by atoms with Crippen LogP contribution in [0.4, 0.5) is 0 Å². The van der Waals surface area contributed by atoms with Gasteiger partial charge in [-0.1, -0.05) is 30.4 Å². The smallest absolute Gasteiger partial charge is 0.137 e. The van der Waals surface area contributed by atoms with Crippen LogP contribution >= 0.6 is 0 Å². The second kappa shape index (κ2) is 2.50. The maximum absolute atomic E-state index is 11.0. The zero-order chi connectivity index (χ0) is 7.68. The Morgan fingerprint density at radius 3 is 3.18 bits per heavy atom. The van der Waals surface area contributed by atoms with E-state index in [1.807, 2.05) is 18.2 Å². The number of carbonyl (C=O) groups excluding carboxylic acids is 1. The lowest BCUT2D eigenvalue weighted by Gasteiger charge is -2.19. The van der Waals surface area contributed by atoms with Crippen LogP contribution in [0.25, 0.3) is 0 Å². The fraction of sp³-hybridized carbons (Fsp3) is 0.300. The van der Waals surface area contributed by atoms with E-state index in [0.717, 1.165) is 0 Å². The number of hydrogen-bond acceptors (Lipinski definition) is 1. The standard InChI is InChI=1S/C10H10O/c11-10-6-5-8-3-1-2-4-9(8)7-10/h1-5,9H,6-7H2. The van der Waals surface area contributed by atoms with Crippen LogP contribution in [-0.2, 0) is 4.79 Å². The number of hydrogen-bond donors (Lipinski definition) is 0. The molecule has 2 rings (SSSR count). The first-order valence-electron chi connectivity index (χ1n) is 3.93. The molecule has 1 nitrogen and oxygen atoms in total. The summed E-state index contributed by atoms with van der Waals surface area (Å²) in [5.41, 5.74) is 1.31. The van der Waals surface area contributed by atoms with Gasteiger partial charge in [0.1, 0.15) is 5.78 Å². The molecule has 0 aliphatic heterocycles. The van der Waals surface area contributed by atoms with Crippen molar-refractivity contribution in [2.45, 2.75) is 12.8 Å². The molecule has 11 heavy (non-hydrogen) atoms. The highest BCUT2D eigenvalue weighted by atomic mass is 16.1. The summed E-state index contributed by atoms with van der Waals surface area (Å²) in [6.45, 7) is 0. The highest BCUT2D eigenvalue weighted by Crippen LogP contribution is 2.27. The van der Waals surface area contributed by atoms with Gasteiger partial charge in [0.25, 0.3) is 0 Å². The maximum Gasteiger partial charge on any atom is 0.137 e. The van der Waals surface area contributed by atoms with Gasteiger partial charge >= 0.3 is 0 Å². The van der Waals surface area contributed by atoms with E-state index >= 15 is 0 Å². The Bertz CT molecular complexity index is 269. The fourth-order valence-electron chi connectivity index (χ4n) is 1.57. The van der Waals surface area contributed by atoms with E-state index in [1.54, 1.807) is 0 Å². The lowest BCUT2D eigenvalue weighted by atomic mass is 9.84. The molecule has 0 aromatic carbocycles. The summed E-state index contributed by atoms with van der Waals surface area (Å²) < 4.78 is 0. The Morgan fingerprint density at radius 1 is 1.36 bits per heavy atom. The molecule has 0 fully saturated rings. The van der Waals surface area contributed by atoms with Crippen molar-refractivity contribution in [3.63, 3.8) is 0 Å². The van der Waals surface area contributed by atoms with Crippen LogP contribution in [0.2, 0.25) is 0 Å². The van der Waals surface area contributed by atoms with Crippen LogP contribution in [0.15, 0.2) is 36.0 Å². The molecule has 0 aromatic rings. The van der Waals surface area contributed by atoms with Gasteiger partial charge in [0.15, 0.2) is 0 Å². The van der Waals surface area contributed by atoms with Gasteiger partial charge in [-0.3, -0.25) is 4.79 Å². The predicted molar refractivity (Wildman–Crippen MR) is 44.1 cm³/mol. The summed E-state index contributed by atoms with van der Waals surface area (Å²) in [5.74, 6) is 0.736. The van der Waals surface area contributed by atoms with Crippen molar-refractivity contribution in [2.24, 2.45) is 5.92 Å². The van der Waals surface area contributed by atoms with Gasteiger partial charge in [-0.25, -0.2) is 0 Å². The van der Waals surface area contributed by atoms with Crippen LogP contribution in [0, 0.1) is 5.92 Å². The maximum atomic E-state index is 11.0. The first kappa shape index (κ1) is 6.59.